The quantitative estimate of drug-likeness (QED) is 0.746. The van der Waals surface area contributed by atoms with Crippen molar-refractivity contribution in [3.05, 3.63) is 0 Å². The van der Waals surface area contributed by atoms with Crippen molar-refractivity contribution in [1.82, 2.24) is 4.72 Å². The summed E-state index contributed by atoms with van der Waals surface area (Å²) in [4.78, 5) is 11.0. The highest BCUT2D eigenvalue weighted by Gasteiger charge is 2.44. The number of nitrogens with one attached hydrogen (secondary N) is 1. The lowest BCUT2D eigenvalue weighted by molar-refractivity contribution is -0.153. The van der Waals surface area contributed by atoms with E-state index >= 15 is 0 Å². The first kappa shape index (κ1) is 16.2. The average Bonchev–Trinajstić information content (AvgIpc) is 2.12. The van der Waals surface area contributed by atoms with Crippen LogP contribution in [-0.4, -0.2) is 38.0 Å². The molecule has 0 aliphatic heterocycles. The van der Waals surface area contributed by atoms with Crippen LogP contribution in [0.5, 0.6) is 0 Å². The van der Waals surface area contributed by atoms with E-state index in [0.717, 1.165) is 0 Å². The van der Waals surface area contributed by atoms with Crippen LogP contribution in [0.4, 0.5) is 13.2 Å². The third kappa shape index (κ3) is 4.98. The number of halogens is 3. The summed E-state index contributed by atoms with van der Waals surface area (Å²) in [5, 5.41) is 8.98. The summed E-state index contributed by atoms with van der Waals surface area (Å²) in [6.07, 6.45) is -4.61. The van der Waals surface area contributed by atoms with Gasteiger partial charge in [-0.3, -0.25) is 4.79 Å². The summed E-state index contributed by atoms with van der Waals surface area (Å²) in [6, 6.07) is 0. The summed E-state index contributed by atoms with van der Waals surface area (Å²) in [6.45, 7) is -0.253. The summed E-state index contributed by atoms with van der Waals surface area (Å²) >= 11 is 0. The fourth-order valence-corrected chi connectivity index (χ4v) is 3.02. The average molecular weight is 303 g/mol. The van der Waals surface area contributed by atoms with E-state index in [4.69, 9.17) is 5.11 Å². The van der Waals surface area contributed by atoms with Gasteiger partial charge in [0.05, 0.1) is 11.2 Å². The monoisotopic (exact) mass is 303 g/mol. The van der Waals surface area contributed by atoms with Gasteiger partial charge in [0.2, 0.25) is 10.0 Å². The maximum Gasteiger partial charge on any atom is 0.389 e. The molecule has 0 unspecified atom stereocenters. The first-order valence-electron chi connectivity index (χ1n) is 5.84. The second kappa shape index (κ2) is 5.66. The molecular weight excluding hydrogens is 287 g/mol. The molecule has 0 saturated heterocycles. The lowest BCUT2D eigenvalue weighted by Gasteiger charge is -2.37. The van der Waals surface area contributed by atoms with Gasteiger partial charge in [-0.1, -0.05) is 6.42 Å². The summed E-state index contributed by atoms with van der Waals surface area (Å²) in [5.74, 6) is -1.72. The largest absolute Gasteiger partial charge is 0.481 e. The Hall–Kier alpha value is -0.830. The van der Waals surface area contributed by atoms with Gasteiger partial charge < -0.3 is 5.11 Å². The van der Waals surface area contributed by atoms with Crippen molar-refractivity contribution in [2.45, 2.75) is 38.3 Å². The molecule has 19 heavy (non-hydrogen) atoms. The minimum absolute atomic E-state index is 0.253. The minimum Gasteiger partial charge on any atom is -0.481 e. The van der Waals surface area contributed by atoms with Gasteiger partial charge in [-0.25, -0.2) is 13.1 Å². The first-order chi connectivity index (χ1) is 8.56. The van der Waals surface area contributed by atoms with Crippen molar-refractivity contribution in [1.29, 1.82) is 0 Å². The molecule has 9 heteroatoms. The topological polar surface area (TPSA) is 83.5 Å². The third-order valence-corrected chi connectivity index (χ3v) is 4.68. The molecule has 112 valence electrons. The fourth-order valence-electron chi connectivity index (χ4n) is 1.85. The molecule has 2 N–H and O–H groups in total. The number of rotatable bonds is 7. The number of hydrogen-bond donors (Lipinski definition) is 2. The van der Waals surface area contributed by atoms with Crippen LogP contribution in [0, 0.1) is 5.41 Å². The van der Waals surface area contributed by atoms with Crippen LogP contribution in [0.2, 0.25) is 0 Å². The normalized spacial score (nSPS) is 18.9. The van der Waals surface area contributed by atoms with Gasteiger partial charge in [0.15, 0.2) is 0 Å². The predicted octanol–water partition coefficient (Wildman–Crippen LogP) is 1.50. The van der Waals surface area contributed by atoms with Crippen molar-refractivity contribution in [2.75, 3.05) is 12.3 Å². The molecule has 1 aliphatic carbocycles. The van der Waals surface area contributed by atoms with E-state index in [2.05, 4.69) is 4.72 Å². The molecule has 0 radical (unpaired) electrons. The third-order valence-electron chi connectivity index (χ3n) is 3.27. The molecule has 0 aromatic rings. The second-order valence-corrected chi connectivity index (χ2v) is 6.72. The van der Waals surface area contributed by atoms with Crippen LogP contribution < -0.4 is 4.72 Å². The molecule has 1 rings (SSSR count). The van der Waals surface area contributed by atoms with E-state index in [1.54, 1.807) is 0 Å². The second-order valence-electron chi connectivity index (χ2n) is 4.80. The molecule has 1 saturated carbocycles. The van der Waals surface area contributed by atoms with E-state index in [0.29, 0.717) is 19.3 Å². The Morgan fingerprint density at radius 2 is 1.89 bits per heavy atom. The highest BCUT2D eigenvalue weighted by atomic mass is 32.2. The van der Waals surface area contributed by atoms with E-state index < -0.39 is 46.2 Å². The van der Waals surface area contributed by atoms with Crippen molar-refractivity contribution in [3.8, 4) is 0 Å². The Labute approximate surface area is 109 Å². The Morgan fingerprint density at radius 1 is 1.32 bits per heavy atom. The molecule has 0 aromatic carbocycles. The van der Waals surface area contributed by atoms with Gasteiger partial charge in [-0.15, -0.1) is 0 Å². The maximum atomic E-state index is 11.9. The molecular formula is C10H16F3NO4S. The van der Waals surface area contributed by atoms with Crippen molar-refractivity contribution < 1.29 is 31.5 Å². The van der Waals surface area contributed by atoms with Crippen LogP contribution in [0.25, 0.3) is 0 Å². The zero-order valence-corrected chi connectivity index (χ0v) is 11.0. The molecule has 0 amide bonds. The molecule has 0 heterocycles. The number of hydrogen-bond acceptors (Lipinski definition) is 3. The molecule has 0 bridgehead atoms. The van der Waals surface area contributed by atoms with E-state index in [9.17, 15) is 26.4 Å². The van der Waals surface area contributed by atoms with Gasteiger partial charge in [-0.2, -0.15) is 13.2 Å². The van der Waals surface area contributed by atoms with E-state index in [1.165, 1.54) is 0 Å². The number of carbonyl (C=O) groups is 1. The summed E-state index contributed by atoms with van der Waals surface area (Å²) < 4.78 is 60.6. The Kier molecular flexibility index (Phi) is 4.83. The summed E-state index contributed by atoms with van der Waals surface area (Å²) in [5.41, 5.74) is -1.09. The molecule has 0 spiro atoms. The number of carboxylic acids is 1. The highest BCUT2D eigenvalue weighted by molar-refractivity contribution is 7.89. The number of sulfonamides is 1. The van der Waals surface area contributed by atoms with Crippen molar-refractivity contribution >= 4 is 16.0 Å². The molecule has 1 fully saturated rings. The molecule has 1 aliphatic rings. The fraction of sp³-hybridized carbons (Fsp3) is 0.900. The zero-order valence-electron chi connectivity index (χ0n) is 10.2. The van der Waals surface area contributed by atoms with Gasteiger partial charge in [0.25, 0.3) is 0 Å². The Morgan fingerprint density at radius 3 is 2.26 bits per heavy atom. The van der Waals surface area contributed by atoms with E-state index in [1.807, 2.05) is 0 Å². The lowest BCUT2D eigenvalue weighted by atomic mass is 9.69. The van der Waals surface area contributed by atoms with Crippen LogP contribution in [0.15, 0.2) is 0 Å². The number of aliphatic carboxylic acids is 1. The molecule has 0 atom stereocenters. The van der Waals surface area contributed by atoms with Crippen LogP contribution in [0.3, 0.4) is 0 Å². The SMILES string of the molecule is O=C(O)C1(CNS(=O)(=O)CCCC(F)(F)F)CCC1. The lowest BCUT2D eigenvalue weighted by Crippen LogP contribution is -2.48. The van der Waals surface area contributed by atoms with Crippen molar-refractivity contribution in [3.63, 3.8) is 0 Å². The minimum atomic E-state index is -4.38. The summed E-state index contributed by atoms with van der Waals surface area (Å²) in [7, 11) is -3.86. The smallest absolute Gasteiger partial charge is 0.389 e. The zero-order chi connectivity index (χ0) is 14.7. The van der Waals surface area contributed by atoms with E-state index in [-0.39, 0.29) is 6.54 Å². The standard InChI is InChI=1S/C10H16F3NO4S/c11-10(12,13)5-2-6-19(17,18)14-7-9(8(15)16)3-1-4-9/h14H,1-7H2,(H,15,16). The van der Waals surface area contributed by atoms with Gasteiger partial charge in [-0.05, 0) is 19.3 Å². The van der Waals surface area contributed by atoms with Crippen LogP contribution >= 0.6 is 0 Å². The van der Waals surface area contributed by atoms with Crippen LogP contribution in [0.1, 0.15) is 32.1 Å². The predicted molar refractivity (Wildman–Crippen MR) is 61.0 cm³/mol. The van der Waals surface area contributed by atoms with Crippen LogP contribution in [-0.2, 0) is 14.8 Å². The van der Waals surface area contributed by atoms with Gasteiger partial charge in [0.1, 0.15) is 0 Å². The Balaban J connectivity index is 2.41. The van der Waals surface area contributed by atoms with Crippen molar-refractivity contribution in [2.24, 2.45) is 5.41 Å². The highest BCUT2D eigenvalue weighted by Crippen LogP contribution is 2.40. The maximum absolute atomic E-state index is 11.9. The molecule has 5 nitrogen and oxygen atoms in total. The first-order valence-corrected chi connectivity index (χ1v) is 7.49. The molecule has 0 aromatic heterocycles. The van der Waals surface area contributed by atoms with Gasteiger partial charge >= 0.3 is 12.1 Å². The van der Waals surface area contributed by atoms with Gasteiger partial charge in [0, 0.05) is 13.0 Å². The number of alkyl halides is 3. The Bertz CT molecular complexity index is 429. The number of carboxylic acid groups (broad SMARTS) is 1.